The van der Waals surface area contributed by atoms with E-state index in [0.717, 1.165) is 16.6 Å². The van der Waals surface area contributed by atoms with E-state index in [0.29, 0.717) is 17.8 Å². The quantitative estimate of drug-likeness (QED) is 0.653. The monoisotopic (exact) mass is 248 g/mol. The van der Waals surface area contributed by atoms with Crippen molar-refractivity contribution in [2.45, 2.75) is 0 Å². The summed E-state index contributed by atoms with van der Waals surface area (Å²) in [6, 6.07) is 3.82. The van der Waals surface area contributed by atoms with Crippen LogP contribution in [0.2, 0.25) is 0 Å². The lowest BCUT2D eigenvalue weighted by atomic mass is 10.2. The lowest BCUT2D eigenvalue weighted by molar-refractivity contribution is 0.341. The van der Waals surface area contributed by atoms with E-state index in [1.165, 1.54) is 0 Å². The fourth-order valence-electron chi connectivity index (χ4n) is 1.90. The van der Waals surface area contributed by atoms with Crippen LogP contribution in [0.5, 0.6) is 0 Å². The fourth-order valence-corrected chi connectivity index (χ4v) is 1.90. The second kappa shape index (κ2) is 4.92. The van der Waals surface area contributed by atoms with Gasteiger partial charge in [0.2, 0.25) is 0 Å². The Kier molecular flexibility index (Phi) is 2.97. The van der Waals surface area contributed by atoms with Gasteiger partial charge in [0, 0.05) is 23.1 Å². The van der Waals surface area contributed by atoms with Gasteiger partial charge in [0.15, 0.2) is 5.49 Å². The molecule has 1 aliphatic carbocycles. The summed E-state index contributed by atoms with van der Waals surface area (Å²) in [7, 11) is 0. The highest BCUT2D eigenvalue weighted by Crippen LogP contribution is 2.16. The Bertz CT molecular complexity index is 775. The molecule has 0 saturated carbocycles. The summed E-state index contributed by atoms with van der Waals surface area (Å²) in [5.41, 5.74) is 4.71. The average Bonchev–Trinajstić information content (AvgIpc) is 2.59. The average molecular weight is 248 g/mol. The number of nitrogens with zero attached hydrogens (tertiary/aromatic N) is 2. The van der Waals surface area contributed by atoms with Gasteiger partial charge in [-0.2, -0.15) is 0 Å². The minimum absolute atomic E-state index is 0.517. The van der Waals surface area contributed by atoms with E-state index in [1.807, 2.05) is 36.4 Å². The fraction of sp³-hybridized carbons (Fsp3) is 0.0625. The zero-order valence-electron chi connectivity index (χ0n) is 10.3. The number of hydrogen-bond donors (Lipinski definition) is 0. The molecular formula is C16H12N2O. The molecule has 2 heterocycles. The van der Waals surface area contributed by atoms with Crippen LogP contribution in [-0.4, -0.2) is 11.5 Å². The van der Waals surface area contributed by atoms with Crippen molar-refractivity contribution in [1.29, 1.82) is 0 Å². The number of aromatic nitrogens is 1. The highest BCUT2D eigenvalue weighted by atomic mass is 16.5. The highest BCUT2D eigenvalue weighted by Gasteiger charge is 2.07. The molecule has 1 aromatic heterocycles. The molecule has 3 nitrogen and oxygen atoms in total. The van der Waals surface area contributed by atoms with Crippen LogP contribution in [0, 0.1) is 0 Å². The summed E-state index contributed by atoms with van der Waals surface area (Å²) in [5, 5.41) is 0.911. The van der Waals surface area contributed by atoms with Crippen LogP contribution < -0.4 is 10.7 Å². The van der Waals surface area contributed by atoms with Gasteiger partial charge in [0.05, 0.1) is 6.54 Å². The third-order valence-corrected chi connectivity index (χ3v) is 2.79. The van der Waals surface area contributed by atoms with Crippen LogP contribution in [0.3, 0.4) is 0 Å². The predicted molar refractivity (Wildman–Crippen MR) is 73.4 cm³/mol. The Morgan fingerprint density at radius 2 is 2.32 bits per heavy atom. The van der Waals surface area contributed by atoms with Gasteiger partial charge in [-0.15, -0.1) is 5.73 Å². The van der Waals surface area contributed by atoms with Crippen LogP contribution in [-0.2, 0) is 4.74 Å². The molecular weight excluding hydrogens is 236 g/mol. The van der Waals surface area contributed by atoms with Crippen molar-refractivity contribution in [2.75, 3.05) is 6.54 Å². The van der Waals surface area contributed by atoms with E-state index in [2.05, 4.69) is 22.3 Å². The van der Waals surface area contributed by atoms with Gasteiger partial charge in [-0.1, -0.05) is 18.7 Å². The normalized spacial score (nSPS) is 18.7. The first kappa shape index (κ1) is 11.5. The molecule has 3 heteroatoms. The topological polar surface area (TPSA) is 34.5 Å². The molecule has 0 saturated heterocycles. The summed E-state index contributed by atoms with van der Waals surface area (Å²) in [6.07, 6.45) is 11.1. The summed E-state index contributed by atoms with van der Waals surface area (Å²) in [6.45, 7) is 4.43. The lowest BCUT2D eigenvalue weighted by Gasteiger charge is -2.07. The number of fused-ring (bicyclic) bond motifs is 1. The number of rotatable bonds is 0. The second-order valence-corrected chi connectivity index (χ2v) is 4.17. The minimum atomic E-state index is 0.517. The molecule has 0 bridgehead atoms. The first-order valence-electron chi connectivity index (χ1n) is 5.99. The highest BCUT2D eigenvalue weighted by molar-refractivity contribution is 5.44. The van der Waals surface area contributed by atoms with Crippen molar-refractivity contribution in [1.82, 2.24) is 4.98 Å². The van der Waals surface area contributed by atoms with Gasteiger partial charge in [-0.3, -0.25) is 4.99 Å². The van der Waals surface area contributed by atoms with Gasteiger partial charge >= 0.3 is 0 Å². The lowest BCUT2D eigenvalue weighted by Crippen LogP contribution is -2.28. The molecule has 1 aliphatic heterocycles. The van der Waals surface area contributed by atoms with E-state index in [-0.39, 0.29) is 0 Å². The number of ether oxygens (including phenoxy) is 1. The standard InChI is InChI=1S/C16H12N2O/c1-12-10-13-7-5-9-17-16(13)18-11-14-6-3-2-4-8-15(14)19-12/h2-3,5-10H,1,11H2/b13-10-,18-16?. The molecule has 0 N–H and O–H groups in total. The van der Waals surface area contributed by atoms with E-state index in [1.54, 1.807) is 12.3 Å². The van der Waals surface area contributed by atoms with Crippen molar-refractivity contribution in [3.63, 3.8) is 0 Å². The Morgan fingerprint density at radius 1 is 1.37 bits per heavy atom. The molecule has 0 aromatic carbocycles. The Morgan fingerprint density at radius 3 is 3.26 bits per heavy atom. The molecule has 2 aliphatic rings. The number of pyridine rings is 1. The third kappa shape index (κ3) is 2.46. The number of allylic oxidation sites excluding steroid dienone is 3. The van der Waals surface area contributed by atoms with Crippen LogP contribution in [0.25, 0.3) is 6.08 Å². The van der Waals surface area contributed by atoms with E-state index in [9.17, 15) is 0 Å². The maximum atomic E-state index is 5.76. The molecule has 19 heavy (non-hydrogen) atoms. The van der Waals surface area contributed by atoms with Crippen LogP contribution in [0.4, 0.5) is 0 Å². The Balaban J connectivity index is 2.18. The molecule has 0 fully saturated rings. The maximum Gasteiger partial charge on any atom is 0.154 e. The molecule has 0 unspecified atom stereocenters. The molecule has 1 aromatic rings. The summed E-state index contributed by atoms with van der Waals surface area (Å²) >= 11 is 0. The Hall–Kier alpha value is -2.64. The zero-order chi connectivity index (χ0) is 13.1. The number of hydrogen-bond acceptors (Lipinski definition) is 3. The first-order chi connectivity index (χ1) is 9.33. The third-order valence-electron chi connectivity index (χ3n) is 2.79. The zero-order valence-corrected chi connectivity index (χ0v) is 10.3. The van der Waals surface area contributed by atoms with Gasteiger partial charge in [0.25, 0.3) is 0 Å². The second-order valence-electron chi connectivity index (χ2n) is 4.17. The smallest absolute Gasteiger partial charge is 0.154 e. The van der Waals surface area contributed by atoms with Gasteiger partial charge < -0.3 is 4.74 Å². The molecule has 0 spiro atoms. The van der Waals surface area contributed by atoms with Crippen molar-refractivity contribution < 1.29 is 4.74 Å². The van der Waals surface area contributed by atoms with Crippen LogP contribution >= 0.6 is 0 Å². The summed E-state index contributed by atoms with van der Waals surface area (Å²) < 4.78 is 5.76. The molecule has 0 atom stereocenters. The van der Waals surface area contributed by atoms with E-state index >= 15 is 0 Å². The summed E-state index contributed by atoms with van der Waals surface area (Å²) in [4.78, 5) is 8.82. The Labute approximate surface area is 111 Å². The molecule has 92 valence electrons. The largest absolute Gasteiger partial charge is 0.457 e. The van der Waals surface area contributed by atoms with Crippen molar-refractivity contribution >= 4 is 6.08 Å². The molecule has 0 amide bonds. The first-order valence-corrected chi connectivity index (χ1v) is 5.99. The predicted octanol–water partition coefficient (Wildman–Crippen LogP) is 1.56. The van der Waals surface area contributed by atoms with Gasteiger partial charge in [-0.25, -0.2) is 4.98 Å². The SMILES string of the molecule is C=C1/C=c2/cccnc2=NCC2=C(C=C=CC=C2)O1. The van der Waals surface area contributed by atoms with Gasteiger partial charge in [0.1, 0.15) is 11.5 Å². The van der Waals surface area contributed by atoms with Crippen molar-refractivity contribution in [2.24, 2.45) is 4.99 Å². The van der Waals surface area contributed by atoms with E-state index in [4.69, 9.17) is 4.74 Å². The van der Waals surface area contributed by atoms with Crippen LogP contribution in [0.15, 0.2) is 77.0 Å². The van der Waals surface area contributed by atoms with Gasteiger partial charge in [-0.05, 0) is 24.3 Å². The van der Waals surface area contributed by atoms with Crippen molar-refractivity contribution in [3.05, 3.63) is 82.7 Å². The maximum absolute atomic E-state index is 5.76. The molecule has 3 rings (SSSR count). The van der Waals surface area contributed by atoms with Crippen molar-refractivity contribution in [3.8, 4) is 0 Å². The minimum Gasteiger partial charge on any atom is -0.457 e. The van der Waals surface area contributed by atoms with Crippen LogP contribution in [0.1, 0.15) is 0 Å². The molecule has 0 radical (unpaired) electrons. The summed E-state index contributed by atoms with van der Waals surface area (Å²) in [5.74, 6) is 1.29. The van der Waals surface area contributed by atoms with E-state index < -0.39 is 0 Å².